The Bertz CT molecular complexity index is 811. The topological polar surface area (TPSA) is 75.3 Å². The van der Waals surface area contributed by atoms with E-state index >= 15 is 0 Å². The predicted molar refractivity (Wildman–Crippen MR) is 94.8 cm³/mol. The lowest BCUT2D eigenvalue weighted by atomic mass is 10.1. The number of sulfonamides is 1. The molecule has 0 bridgehead atoms. The van der Waals surface area contributed by atoms with Crippen molar-refractivity contribution in [2.24, 2.45) is 0 Å². The molecule has 2 aromatic carbocycles. The number of carbonyl (C=O) groups is 1. The van der Waals surface area contributed by atoms with Crippen molar-refractivity contribution in [2.45, 2.75) is 11.3 Å². The van der Waals surface area contributed by atoms with E-state index in [1.165, 1.54) is 18.2 Å². The number of hydrogen-bond acceptors (Lipinski definition) is 3. The highest BCUT2D eigenvalue weighted by atomic mass is 35.5. The maximum Gasteiger partial charge on any atom is 0.241 e. The van der Waals surface area contributed by atoms with Crippen LogP contribution in [0.15, 0.2) is 53.4 Å². The third kappa shape index (κ3) is 5.49. The smallest absolute Gasteiger partial charge is 0.241 e. The molecule has 1 amide bonds. The molecule has 0 fully saturated rings. The first-order chi connectivity index (χ1) is 11.4. The Morgan fingerprint density at radius 2 is 1.71 bits per heavy atom. The predicted octanol–water partition coefficient (Wildman–Crippen LogP) is 2.63. The Kier molecular flexibility index (Phi) is 6.62. The van der Waals surface area contributed by atoms with Gasteiger partial charge in [0.2, 0.25) is 15.9 Å². The molecule has 0 aliphatic rings. The van der Waals surface area contributed by atoms with Crippen LogP contribution in [0.25, 0.3) is 0 Å². The first-order valence-corrected chi connectivity index (χ1v) is 9.38. The molecule has 128 valence electrons. The minimum atomic E-state index is -3.83. The van der Waals surface area contributed by atoms with Gasteiger partial charge in [-0.05, 0) is 30.2 Å². The van der Waals surface area contributed by atoms with Crippen LogP contribution in [-0.4, -0.2) is 27.4 Å². The van der Waals surface area contributed by atoms with Gasteiger partial charge in [-0.25, -0.2) is 13.1 Å². The second kappa shape index (κ2) is 8.48. The van der Waals surface area contributed by atoms with Crippen molar-refractivity contribution in [1.29, 1.82) is 0 Å². The largest absolute Gasteiger partial charge is 0.355 e. The summed E-state index contributed by atoms with van der Waals surface area (Å²) in [5.41, 5.74) is 1.09. The molecule has 0 aromatic heterocycles. The molecule has 0 aliphatic carbocycles. The summed E-state index contributed by atoms with van der Waals surface area (Å²) in [7, 11) is -3.83. The van der Waals surface area contributed by atoms with Gasteiger partial charge in [0.1, 0.15) is 0 Å². The van der Waals surface area contributed by atoms with Gasteiger partial charge in [0, 0.05) is 6.54 Å². The Hall–Kier alpha value is -1.60. The highest BCUT2D eigenvalue weighted by molar-refractivity contribution is 7.89. The number of amides is 1. The number of hydrogen-bond donors (Lipinski definition) is 2. The maximum absolute atomic E-state index is 12.1. The Morgan fingerprint density at radius 1 is 1.00 bits per heavy atom. The molecule has 2 aromatic rings. The Balaban J connectivity index is 1.83. The van der Waals surface area contributed by atoms with Gasteiger partial charge in [-0.2, -0.15) is 0 Å². The molecule has 0 saturated carbocycles. The van der Waals surface area contributed by atoms with E-state index in [0.29, 0.717) is 13.0 Å². The van der Waals surface area contributed by atoms with Crippen LogP contribution in [0.3, 0.4) is 0 Å². The molecule has 8 heteroatoms. The molecule has 0 saturated heterocycles. The Labute approximate surface area is 151 Å². The molecule has 0 spiro atoms. The summed E-state index contributed by atoms with van der Waals surface area (Å²) in [5.74, 6) is -0.408. The molecule has 0 radical (unpaired) electrons. The van der Waals surface area contributed by atoms with Crippen LogP contribution in [0.4, 0.5) is 0 Å². The number of nitrogens with one attached hydrogen (secondary N) is 2. The molecule has 2 N–H and O–H groups in total. The molecule has 0 aliphatic heterocycles. The van der Waals surface area contributed by atoms with Gasteiger partial charge in [0.15, 0.2) is 0 Å². The molecule has 0 atom stereocenters. The minimum absolute atomic E-state index is 0.0472. The van der Waals surface area contributed by atoms with E-state index in [1.54, 1.807) is 0 Å². The highest BCUT2D eigenvalue weighted by Crippen LogP contribution is 2.24. The average molecular weight is 387 g/mol. The normalized spacial score (nSPS) is 11.2. The quantitative estimate of drug-likeness (QED) is 0.767. The lowest BCUT2D eigenvalue weighted by Gasteiger charge is -2.08. The van der Waals surface area contributed by atoms with Gasteiger partial charge in [0.05, 0.1) is 21.5 Å². The van der Waals surface area contributed by atoms with Crippen LogP contribution in [0, 0.1) is 0 Å². The van der Waals surface area contributed by atoms with E-state index < -0.39 is 15.9 Å². The van der Waals surface area contributed by atoms with E-state index in [0.717, 1.165) is 5.56 Å². The fraction of sp³-hybridized carbons (Fsp3) is 0.188. The zero-order chi connectivity index (χ0) is 17.6. The molecular formula is C16H16Cl2N2O3S. The summed E-state index contributed by atoms with van der Waals surface area (Å²) >= 11 is 11.6. The molecule has 5 nitrogen and oxygen atoms in total. The van der Waals surface area contributed by atoms with Gasteiger partial charge in [-0.15, -0.1) is 0 Å². The highest BCUT2D eigenvalue weighted by Gasteiger charge is 2.16. The molecule has 0 heterocycles. The summed E-state index contributed by atoms with van der Waals surface area (Å²) in [6, 6.07) is 13.6. The summed E-state index contributed by atoms with van der Waals surface area (Å²) < 4.78 is 26.4. The lowest BCUT2D eigenvalue weighted by molar-refractivity contribution is -0.119. The van der Waals surface area contributed by atoms with Crippen LogP contribution >= 0.6 is 23.2 Å². The summed E-state index contributed by atoms with van der Waals surface area (Å²) in [5, 5.41) is 3.05. The average Bonchev–Trinajstić information content (AvgIpc) is 2.56. The summed E-state index contributed by atoms with van der Waals surface area (Å²) in [6.07, 6.45) is 0.673. The monoisotopic (exact) mass is 386 g/mol. The van der Waals surface area contributed by atoms with E-state index in [-0.39, 0.29) is 21.5 Å². The summed E-state index contributed by atoms with van der Waals surface area (Å²) in [4.78, 5) is 11.7. The number of rotatable bonds is 7. The third-order valence-electron chi connectivity index (χ3n) is 3.20. The fourth-order valence-corrected chi connectivity index (χ4v) is 3.31. The first kappa shape index (κ1) is 18.7. The molecule has 2 rings (SSSR count). The van der Waals surface area contributed by atoms with Crippen molar-refractivity contribution in [2.75, 3.05) is 13.1 Å². The zero-order valence-electron chi connectivity index (χ0n) is 12.6. The standard InChI is InChI=1S/C16H16Cl2N2O3S/c17-14-7-6-13(10-15(14)18)24(22,23)20-11-16(21)19-9-8-12-4-2-1-3-5-12/h1-7,10,20H,8-9,11H2,(H,19,21). The van der Waals surface area contributed by atoms with E-state index in [2.05, 4.69) is 10.0 Å². The number of benzene rings is 2. The Morgan fingerprint density at radius 3 is 2.38 bits per heavy atom. The maximum atomic E-state index is 12.1. The second-order valence-electron chi connectivity index (χ2n) is 4.99. The van der Waals surface area contributed by atoms with Crippen LogP contribution in [0.2, 0.25) is 10.0 Å². The van der Waals surface area contributed by atoms with Crippen molar-refractivity contribution in [3.63, 3.8) is 0 Å². The number of halogens is 2. The van der Waals surface area contributed by atoms with Crippen molar-refractivity contribution in [1.82, 2.24) is 10.0 Å². The molecule has 24 heavy (non-hydrogen) atoms. The van der Waals surface area contributed by atoms with Crippen molar-refractivity contribution < 1.29 is 13.2 Å². The van der Waals surface area contributed by atoms with Gasteiger partial charge in [-0.1, -0.05) is 53.5 Å². The lowest BCUT2D eigenvalue weighted by Crippen LogP contribution is -2.37. The second-order valence-corrected chi connectivity index (χ2v) is 7.57. The SMILES string of the molecule is O=C(CNS(=O)(=O)c1ccc(Cl)c(Cl)c1)NCCc1ccccc1. The van der Waals surface area contributed by atoms with Gasteiger partial charge in [-0.3, -0.25) is 4.79 Å². The van der Waals surface area contributed by atoms with E-state index in [4.69, 9.17) is 23.2 Å². The van der Waals surface area contributed by atoms with E-state index in [9.17, 15) is 13.2 Å². The van der Waals surface area contributed by atoms with Gasteiger partial charge in [0.25, 0.3) is 0 Å². The third-order valence-corrected chi connectivity index (χ3v) is 5.34. The van der Waals surface area contributed by atoms with Crippen molar-refractivity contribution in [3.05, 3.63) is 64.1 Å². The number of carbonyl (C=O) groups excluding carboxylic acids is 1. The minimum Gasteiger partial charge on any atom is -0.355 e. The van der Waals surface area contributed by atoms with E-state index in [1.807, 2.05) is 30.3 Å². The van der Waals surface area contributed by atoms with Crippen LogP contribution in [0.1, 0.15) is 5.56 Å². The van der Waals surface area contributed by atoms with Crippen LogP contribution < -0.4 is 10.0 Å². The summed E-state index contributed by atoms with van der Waals surface area (Å²) in [6.45, 7) is 0.0781. The van der Waals surface area contributed by atoms with Gasteiger partial charge >= 0.3 is 0 Å². The van der Waals surface area contributed by atoms with Crippen LogP contribution in [0.5, 0.6) is 0 Å². The van der Waals surface area contributed by atoms with Crippen molar-refractivity contribution in [3.8, 4) is 0 Å². The first-order valence-electron chi connectivity index (χ1n) is 7.14. The fourth-order valence-electron chi connectivity index (χ4n) is 1.94. The van der Waals surface area contributed by atoms with Crippen LogP contribution in [-0.2, 0) is 21.2 Å². The van der Waals surface area contributed by atoms with Crippen molar-refractivity contribution >= 4 is 39.1 Å². The molecule has 0 unspecified atom stereocenters. The zero-order valence-corrected chi connectivity index (χ0v) is 15.0. The molecular weight excluding hydrogens is 371 g/mol. The van der Waals surface area contributed by atoms with Gasteiger partial charge < -0.3 is 5.32 Å².